The number of hydrogen-bond acceptors (Lipinski definition) is 2. The zero-order chi connectivity index (χ0) is 41.7. The summed E-state index contributed by atoms with van der Waals surface area (Å²) in [5.41, 5.74) is 27.6. The minimum Gasteiger partial charge on any atom is -0.309 e. The van der Waals surface area contributed by atoms with Crippen molar-refractivity contribution >= 4 is 43.6 Å². The van der Waals surface area contributed by atoms with E-state index in [1.54, 1.807) is 0 Å². The summed E-state index contributed by atoms with van der Waals surface area (Å²) in [7, 11) is 0. The Morgan fingerprint density at radius 1 is 0.317 bits per heavy atom. The van der Waals surface area contributed by atoms with Crippen molar-refractivity contribution in [1.82, 2.24) is 19.1 Å². The Morgan fingerprint density at radius 3 is 0.983 bits per heavy atom. The molecule has 0 fully saturated rings. The van der Waals surface area contributed by atoms with E-state index in [4.69, 9.17) is 0 Å². The molecule has 6 aromatic carbocycles. The molecule has 4 heteroatoms. The fourth-order valence-corrected chi connectivity index (χ4v) is 10.8. The third-order valence-electron chi connectivity index (χ3n) is 12.9. The molecule has 0 aliphatic heterocycles. The Balaban J connectivity index is 1.08. The summed E-state index contributed by atoms with van der Waals surface area (Å²) in [4.78, 5) is 9.19. The smallest absolute Gasteiger partial charge is 0.0571 e. The number of rotatable bonds is 5. The van der Waals surface area contributed by atoms with Gasteiger partial charge in [0.15, 0.2) is 0 Å². The van der Waals surface area contributed by atoms with Gasteiger partial charge in [-0.05, 0) is 208 Å². The lowest BCUT2D eigenvalue weighted by Gasteiger charge is -2.20. The topological polar surface area (TPSA) is 35.6 Å². The van der Waals surface area contributed by atoms with Crippen molar-refractivity contribution in [2.75, 3.05) is 0 Å². The lowest BCUT2D eigenvalue weighted by molar-refractivity contribution is 1.14. The first-order chi connectivity index (χ1) is 28.9. The maximum absolute atomic E-state index is 4.59. The van der Waals surface area contributed by atoms with E-state index in [0.717, 1.165) is 33.2 Å². The second kappa shape index (κ2) is 13.9. The number of hydrogen-bond donors (Lipinski definition) is 0. The monoisotopic (exact) mass is 778 g/mol. The fraction of sp³-hybridized carbons (Fsp3) is 0.179. The molecular weight excluding hydrogens is 729 g/mol. The van der Waals surface area contributed by atoms with E-state index in [1.807, 2.05) is 24.8 Å². The lowest BCUT2D eigenvalue weighted by Crippen LogP contribution is -2.02. The Morgan fingerprint density at radius 2 is 0.633 bits per heavy atom. The van der Waals surface area contributed by atoms with Gasteiger partial charge in [0, 0.05) is 57.7 Å². The minimum absolute atomic E-state index is 1.16. The second-order valence-electron chi connectivity index (χ2n) is 17.4. The van der Waals surface area contributed by atoms with E-state index in [-0.39, 0.29) is 0 Å². The highest BCUT2D eigenvalue weighted by Crippen LogP contribution is 2.42. The van der Waals surface area contributed by atoms with Gasteiger partial charge in [-0.25, -0.2) is 0 Å². The molecule has 0 aliphatic rings. The Hall–Kier alpha value is -6.78. The van der Waals surface area contributed by atoms with Gasteiger partial charge < -0.3 is 9.13 Å². The van der Waals surface area contributed by atoms with Crippen molar-refractivity contribution in [2.24, 2.45) is 0 Å². The number of aryl methyl sites for hydroxylation is 10. The summed E-state index contributed by atoms with van der Waals surface area (Å²) in [6.45, 7) is 22.3. The molecule has 0 saturated carbocycles. The van der Waals surface area contributed by atoms with Crippen LogP contribution in [0.1, 0.15) is 55.6 Å². The molecule has 0 unspecified atom stereocenters. The molecule has 4 aromatic heterocycles. The average Bonchev–Trinajstić information content (AvgIpc) is 3.70. The fourth-order valence-electron chi connectivity index (χ4n) is 10.8. The highest BCUT2D eigenvalue weighted by atomic mass is 15.0. The predicted molar refractivity (Wildman–Crippen MR) is 254 cm³/mol. The number of pyridine rings is 2. The van der Waals surface area contributed by atoms with Gasteiger partial charge in [0.1, 0.15) is 0 Å². The van der Waals surface area contributed by atoms with E-state index in [1.165, 1.54) is 111 Å². The predicted octanol–water partition coefficient (Wildman–Crippen LogP) is 14.8. The Labute approximate surface area is 352 Å². The summed E-state index contributed by atoms with van der Waals surface area (Å²) >= 11 is 0. The van der Waals surface area contributed by atoms with Crippen LogP contribution in [0, 0.1) is 69.2 Å². The largest absolute Gasteiger partial charge is 0.309 e. The van der Waals surface area contributed by atoms with Crippen molar-refractivity contribution < 1.29 is 0 Å². The summed E-state index contributed by atoms with van der Waals surface area (Å²) < 4.78 is 4.84. The van der Waals surface area contributed by atoms with E-state index >= 15 is 0 Å². The molecule has 0 atom stereocenters. The van der Waals surface area contributed by atoms with E-state index < -0.39 is 0 Å². The van der Waals surface area contributed by atoms with Crippen LogP contribution in [-0.4, -0.2) is 19.1 Å². The van der Waals surface area contributed by atoms with Gasteiger partial charge in [0.05, 0.1) is 22.1 Å². The van der Waals surface area contributed by atoms with Crippen molar-refractivity contribution in [3.05, 3.63) is 177 Å². The van der Waals surface area contributed by atoms with Gasteiger partial charge in [0.2, 0.25) is 0 Å². The summed E-state index contributed by atoms with van der Waals surface area (Å²) in [5.74, 6) is 0. The molecular formula is C56H50N4. The molecule has 10 aromatic rings. The van der Waals surface area contributed by atoms with Crippen molar-refractivity contribution in [3.8, 4) is 44.8 Å². The molecule has 0 N–H and O–H groups in total. The van der Waals surface area contributed by atoms with Crippen LogP contribution in [0.15, 0.2) is 122 Å². The molecule has 4 nitrogen and oxygen atoms in total. The highest BCUT2D eigenvalue weighted by molar-refractivity contribution is 6.11. The molecule has 0 spiro atoms. The van der Waals surface area contributed by atoms with Gasteiger partial charge in [-0.15, -0.1) is 0 Å². The standard InChI is InChI=1S/C56H50N4/c1-31-19-33(3)53(34(4)20-31)41-11-13-49-45(27-41)47-29-57-17-15-51(47)59(49)43-23-37(7)55(38(8)24-43)56-39(9)25-44(26-40(56)10)60-50-14-12-42(54-35(5)21-32(2)22-36(54)6)28-46(50)48-30-58-18-16-52(48)60/h11-30H,1-10H3. The van der Waals surface area contributed by atoms with Crippen LogP contribution in [0.5, 0.6) is 0 Å². The van der Waals surface area contributed by atoms with Crippen molar-refractivity contribution in [2.45, 2.75) is 69.2 Å². The lowest BCUT2D eigenvalue weighted by atomic mass is 9.88. The Kier molecular flexibility index (Phi) is 8.69. The van der Waals surface area contributed by atoms with Crippen LogP contribution in [0.4, 0.5) is 0 Å². The molecule has 0 saturated heterocycles. The number of benzene rings is 6. The first kappa shape index (κ1) is 37.5. The maximum Gasteiger partial charge on any atom is 0.0571 e. The summed E-state index contributed by atoms with van der Waals surface area (Å²) in [5, 5.41) is 4.76. The van der Waals surface area contributed by atoms with Crippen LogP contribution < -0.4 is 0 Å². The molecule has 0 amide bonds. The van der Waals surface area contributed by atoms with Crippen LogP contribution >= 0.6 is 0 Å². The van der Waals surface area contributed by atoms with Crippen molar-refractivity contribution in [3.63, 3.8) is 0 Å². The summed E-state index contributed by atoms with van der Waals surface area (Å²) in [6.07, 6.45) is 7.86. The van der Waals surface area contributed by atoms with Crippen molar-refractivity contribution in [1.29, 1.82) is 0 Å². The van der Waals surface area contributed by atoms with Gasteiger partial charge in [-0.1, -0.05) is 47.5 Å². The zero-order valence-electron chi connectivity index (χ0n) is 36.3. The molecule has 4 heterocycles. The molecule has 60 heavy (non-hydrogen) atoms. The molecule has 0 bridgehead atoms. The Bertz CT molecular complexity index is 3100. The third-order valence-corrected chi connectivity index (χ3v) is 12.9. The molecule has 294 valence electrons. The summed E-state index contributed by atoms with van der Waals surface area (Å²) in [6, 6.07) is 36.8. The maximum atomic E-state index is 4.59. The van der Waals surface area contributed by atoms with E-state index in [9.17, 15) is 0 Å². The molecule has 10 rings (SSSR count). The van der Waals surface area contributed by atoms with Crippen LogP contribution in [0.2, 0.25) is 0 Å². The van der Waals surface area contributed by atoms with Gasteiger partial charge in [0.25, 0.3) is 0 Å². The van der Waals surface area contributed by atoms with Crippen LogP contribution in [0.25, 0.3) is 88.4 Å². The van der Waals surface area contributed by atoms with Gasteiger partial charge in [-0.2, -0.15) is 0 Å². The second-order valence-corrected chi connectivity index (χ2v) is 17.4. The average molecular weight is 779 g/mol. The highest BCUT2D eigenvalue weighted by Gasteiger charge is 2.21. The first-order valence-electron chi connectivity index (χ1n) is 21.0. The normalized spacial score (nSPS) is 11.8. The minimum atomic E-state index is 1.16. The quantitative estimate of drug-likeness (QED) is 0.174. The van der Waals surface area contributed by atoms with Crippen LogP contribution in [0.3, 0.4) is 0 Å². The third kappa shape index (κ3) is 5.80. The number of aromatic nitrogens is 4. The number of fused-ring (bicyclic) bond motifs is 6. The van der Waals surface area contributed by atoms with E-state index in [2.05, 4.69) is 185 Å². The van der Waals surface area contributed by atoms with Crippen LogP contribution in [-0.2, 0) is 0 Å². The number of nitrogens with zero attached hydrogens (tertiary/aromatic N) is 4. The first-order valence-corrected chi connectivity index (χ1v) is 21.0. The molecule has 0 radical (unpaired) electrons. The van der Waals surface area contributed by atoms with Gasteiger partial charge >= 0.3 is 0 Å². The SMILES string of the molecule is Cc1cc(C)c(-c2ccc3c(c2)c2cnccc2n3-c2cc(C)c(-c3c(C)cc(-n4c5ccncc5c5cc(-c6c(C)cc(C)cc6C)ccc54)cc3C)c(C)c2)c(C)c1. The zero-order valence-corrected chi connectivity index (χ0v) is 36.3. The molecule has 0 aliphatic carbocycles. The van der Waals surface area contributed by atoms with Gasteiger partial charge in [-0.3, -0.25) is 9.97 Å². The van der Waals surface area contributed by atoms with E-state index in [0.29, 0.717) is 0 Å².